The smallest absolute Gasteiger partial charge is 0.416 e. The second-order valence-corrected chi connectivity index (χ2v) is 7.14. The summed E-state index contributed by atoms with van der Waals surface area (Å²) in [4.78, 5) is 40.5. The summed E-state index contributed by atoms with van der Waals surface area (Å²) >= 11 is 0. The molecule has 2 amide bonds. The summed E-state index contributed by atoms with van der Waals surface area (Å²) in [5, 5.41) is 0.626. The van der Waals surface area contributed by atoms with Crippen LogP contribution in [0.15, 0.2) is 63.8 Å². The van der Waals surface area contributed by atoms with Crippen molar-refractivity contribution in [3.63, 3.8) is 0 Å². The molecule has 3 aromatic rings. The van der Waals surface area contributed by atoms with Crippen LogP contribution in [0.5, 0.6) is 0 Å². The molecule has 4 rings (SSSR count). The van der Waals surface area contributed by atoms with Crippen LogP contribution in [0.4, 0.5) is 13.2 Å². The number of rotatable bonds is 2. The lowest BCUT2D eigenvalue weighted by Gasteiger charge is -2.34. The van der Waals surface area contributed by atoms with Crippen molar-refractivity contribution in [2.24, 2.45) is 0 Å². The molecule has 1 aromatic heterocycles. The fraction of sp³-hybridized carbons (Fsp3) is 0.227. The molecule has 0 saturated carbocycles. The van der Waals surface area contributed by atoms with E-state index >= 15 is 0 Å². The average molecular weight is 430 g/mol. The van der Waals surface area contributed by atoms with Gasteiger partial charge in [-0.2, -0.15) is 13.2 Å². The summed E-state index contributed by atoms with van der Waals surface area (Å²) in [5.74, 6) is -0.896. The lowest BCUT2D eigenvalue weighted by Crippen LogP contribution is -2.51. The van der Waals surface area contributed by atoms with E-state index in [1.165, 1.54) is 15.9 Å². The Morgan fingerprint density at radius 2 is 1.42 bits per heavy atom. The van der Waals surface area contributed by atoms with Crippen LogP contribution in [-0.2, 0) is 6.18 Å². The zero-order valence-corrected chi connectivity index (χ0v) is 16.2. The molecule has 31 heavy (non-hydrogen) atoms. The Morgan fingerprint density at radius 3 is 2.03 bits per heavy atom. The number of carbonyl (C=O) groups excluding carboxylic acids is 2. The van der Waals surface area contributed by atoms with Crippen LogP contribution in [0.2, 0.25) is 0 Å². The van der Waals surface area contributed by atoms with Gasteiger partial charge < -0.3 is 14.2 Å². The number of alkyl halides is 3. The van der Waals surface area contributed by atoms with Gasteiger partial charge in [0.15, 0.2) is 0 Å². The highest BCUT2D eigenvalue weighted by Gasteiger charge is 2.31. The Balaban J connectivity index is 1.44. The SMILES string of the molecule is O=C(c1ccc(C(F)(F)F)cc1)N1CCN(C(=O)c2cc3ccccc3oc2=O)CC1. The molecule has 1 fully saturated rings. The molecule has 0 atom stereocenters. The monoisotopic (exact) mass is 430 g/mol. The fourth-order valence-electron chi connectivity index (χ4n) is 3.48. The number of piperazine rings is 1. The minimum Gasteiger partial charge on any atom is -0.422 e. The molecular weight excluding hydrogens is 413 g/mol. The number of nitrogens with zero attached hydrogens (tertiary/aromatic N) is 2. The molecule has 2 aromatic carbocycles. The topological polar surface area (TPSA) is 70.8 Å². The van der Waals surface area contributed by atoms with Gasteiger partial charge in [-0.1, -0.05) is 18.2 Å². The van der Waals surface area contributed by atoms with E-state index in [1.807, 2.05) is 0 Å². The molecule has 160 valence electrons. The molecule has 6 nitrogen and oxygen atoms in total. The van der Waals surface area contributed by atoms with Crippen molar-refractivity contribution in [2.45, 2.75) is 6.18 Å². The lowest BCUT2D eigenvalue weighted by molar-refractivity contribution is -0.137. The molecule has 0 N–H and O–H groups in total. The standard InChI is InChI=1S/C22H17F3N2O4/c23-22(24,25)16-7-5-14(6-8-16)19(28)26-9-11-27(12-10-26)20(29)17-13-15-3-1-2-4-18(15)31-21(17)30/h1-8,13H,9-12H2. The molecule has 0 radical (unpaired) electrons. The van der Waals surface area contributed by atoms with Gasteiger partial charge in [0.05, 0.1) is 5.56 Å². The predicted molar refractivity (Wildman–Crippen MR) is 106 cm³/mol. The highest BCUT2D eigenvalue weighted by Crippen LogP contribution is 2.29. The van der Waals surface area contributed by atoms with Crippen LogP contribution in [0, 0.1) is 0 Å². The van der Waals surface area contributed by atoms with Gasteiger partial charge in [0.2, 0.25) is 0 Å². The normalized spacial score (nSPS) is 14.7. The number of halogens is 3. The number of carbonyl (C=O) groups is 2. The van der Waals surface area contributed by atoms with E-state index in [1.54, 1.807) is 24.3 Å². The first kappa shape index (κ1) is 20.6. The van der Waals surface area contributed by atoms with Gasteiger partial charge in [-0.15, -0.1) is 0 Å². The third-order valence-corrected chi connectivity index (χ3v) is 5.19. The number of para-hydroxylation sites is 1. The summed E-state index contributed by atoms with van der Waals surface area (Å²) in [6.45, 7) is 0.782. The summed E-state index contributed by atoms with van der Waals surface area (Å²) in [7, 11) is 0. The zero-order valence-electron chi connectivity index (χ0n) is 16.2. The van der Waals surface area contributed by atoms with Crippen molar-refractivity contribution < 1.29 is 27.2 Å². The van der Waals surface area contributed by atoms with Crippen molar-refractivity contribution in [1.82, 2.24) is 9.80 Å². The van der Waals surface area contributed by atoms with Gasteiger partial charge >= 0.3 is 11.8 Å². The molecule has 0 spiro atoms. The van der Waals surface area contributed by atoms with Crippen molar-refractivity contribution in [2.75, 3.05) is 26.2 Å². The predicted octanol–water partition coefficient (Wildman–Crippen LogP) is 3.41. The maximum absolute atomic E-state index is 12.8. The first-order valence-electron chi connectivity index (χ1n) is 9.53. The van der Waals surface area contributed by atoms with Gasteiger partial charge in [-0.05, 0) is 36.4 Å². The third kappa shape index (κ3) is 4.16. The first-order chi connectivity index (χ1) is 14.7. The summed E-state index contributed by atoms with van der Waals surface area (Å²) < 4.78 is 43.3. The van der Waals surface area contributed by atoms with Crippen LogP contribution >= 0.6 is 0 Å². The van der Waals surface area contributed by atoms with Gasteiger partial charge in [0.1, 0.15) is 11.1 Å². The van der Waals surface area contributed by atoms with Crippen molar-refractivity contribution in [3.05, 3.63) is 81.7 Å². The number of amides is 2. The molecule has 0 unspecified atom stereocenters. The molecule has 1 saturated heterocycles. The van der Waals surface area contributed by atoms with Crippen LogP contribution in [-0.4, -0.2) is 47.8 Å². The second kappa shape index (κ2) is 7.90. The molecule has 0 bridgehead atoms. The van der Waals surface area contributed by atoms with E-state index < -0.39 is 29.2 Å². The van der Waals surface area contributed by atoms with E-state index in [9.17, 15) is 27.6 Å². The Bertz CT molecular complexity index is 1190. The fourth-order valence-corrected chi connectivity index (χ4v) is 3.48. The van der Waals surface area contributed by atoms with E-state index in [-0.39, 0.29) is 37.3 Å². The van der Waals surface area contributed by atoms with Crippen molar-refractivity contribution in [1.29, 1.82) is 0 Å². The minimum absolute atomic E-state index is 0.0822. The highest BCUT2D eigenvalue weighted by atomic mass is 19.4. The second-order valence-electron chi connectivity index (χ2n) is 7.14. The van der Waals surface area contributed by atoms with E-state index in [0.717, 1.165) is 24.3 Å². The van der Waals surface area contributed by atoms with E-state index in [0.29, 0.717) is 11.0 Å². The van der Waals surface area contributed by atoms with Crippen LogP contribution < -0.4 is 5.63 Å². The zero-order chi connectivity index (χ0) is 22.2. The summed E-state index contributed by atoms with van der Waals surface area (Å²) in [5.41, 5.74) is -1.11. The van der Waals surface area contributed by atoms with E-state index in [4.69, 9.17) is 4.42 Å². The summed E-state index contributed by atoms with van der Waals surface area (Å²) in [6, 6.07) is 12.4. The first-order valence-corrected chi connectivity index (χ1v) is 9.53. The van der Waals surface area contributed by atoms with E-state index in [2.05, 4.69) is 0 Å². The maximum atomic E-state index is 12.8. The molecule has 0 aliphatic carbocycles. The highest BCUT2D eigenvalue weighted by molar-refractivity contribution is 5.97. The number of hydrogen-bond acceptors (Lipinski definition) is 4. The van der Waals surface area contributed by atoms with Crippen molar-refractivity contribution >= 4 is 22.8 Å². The third-order valence-electron chi connectivity index (χ3n) is 5.19. The lowest BCUT2D eigenvalue weighted by atomic mass is 10.1. The van der Waals surface area contributed by atoms with Crippen LogP contribution in [0.3, 0.4) is 0 Å². The Hall–Kier alpha value is -3.62. The Morgan fingerprint density at radius 1 is 0.839 bits per heavy atom. The largest absolute Gasteiger partial charge is 0.422 e. The average Bonchev–Trinajstić information content (AvgIpc) is 2.77. The minimum atomic E-state index is -4.47. The molecular formula is C22H17F3N2O4. The Labute approximate surface area is 174 Å². The summed E-state index contributed by atoms with van der Waals surface area (Å²) in [6.07, 6.45) is -4.47. The Kier molecular flexibility index (Phi) is 5.26. The number of fused-ring (bicyclic) bond motifs is 1. The number of benzene rings is 2. The van der Waals surface area contributed by atoms with Gasteiger partial charge in [0.25, 0.3) is 11.8 Å². The molecule has 1 aliphatic rings. The van der Waals surface area contributed by atoms with Crippen molar-refractivity contribution in [3.8, 4) is 0 Å². The molecule has 2 heterocycles. The molecule has 9 heteroatoms. The van der Waals surface area contributed by atoms with Gasteiger partial charge in [-0.25, -0.2) is 4.79 Å². The molecule has 1 aliphatic heterocycles. The maximum Gasteiger partial charge on any atom is 0.416 e. The van der Waals surface area contributed by atoms with Crippen LogP contribution in [0.25, 0.3) is 11.0 Å². The van der Waals surface area contributed by atoms with Gasteiger partial charge in [0, 0.05) is 37.1 Å². The quantitative estimate of drug-likeness (QED) is 0.585. The van der Waals surface area contributed by atoms with Gasteiger partial charge in [-0.3, -0.25) is 9.59 Å². The number of hydrogen-bond donors (Lipinski definition) is 0. The van der Waals surface area contributed by atoms with Crippen LogP contribution in [0.1, 0.15) is 26.3 Å².